The van der Waals surface area contributed by atoms with Crippen molar-refractivity contribution in [3.63, 3.8) is 0 Å². The van der Waals surface area contributed by atoms with Crippen LogP contribution in [0.3, 0.4) is 0 Å². The lowest BCUT2D eigenvalue weighted by Gasteiger charge is -2.54. The number of fused-ring (bicyclic) bond motifs is 3. The van der Waals surface area contributed by atoms with Crippen molar-refractivity contribution in [3.8, 4) is 0 Å². The number of rotatable bonds is 6. The quantitative estimate of drug-likeness (QED) is 0.564. The van der Waals surface area contributed by atoms with Gasteiger partial charge in [0.1, 0.15) is 5.78 Å². The molecule has 7 unspecified atom stereocenters. The number of carbonyl (C=O) groups excluding carboxylic acids is 1. The summed E-state index contributed by atoms with van der Waals surface area (Å²) < 4.78 is 0. The lowest BCUT2D eigenvalue weighted by molar-refractivity contribution is -0.129. The van der Waals surface area contributed by atoms with Gasteiger partial charge >= 0.3 is 0 Å². The van der Waals surface area contributed by atoms with Crippen LogP contribution in [0.1, 0.15) is 84.1 Å². The number of pyridine rings is 1. The van der Waals surface area contributed by atoms with Crippen molar-refractivity contribution in [2.24, 2.45) is 40.9 Å². The second-order valence-electron chi connectivity index (χ2n) is 10.3. The first-order chi connectivity index (χ1) is 13.6. The number of hydrogen-bond acceptors (Lipinski definition) is 2. The second-order valence-corrected chi connectivity index (χ2v) is 10.3. The molecule has 154 valence electrons. The summed E-state index contributed by atoms with van der Waals surface area (Å²) in [5, 5.41) is 0. The van der Waals surface area contributed by atoms with Crippen LogP contribution in [0.5, 0.6) is 0 Å². The van der Waals surface area contributed by atoms with E-state index >= 15 is 0 Å². The molecule has 0 radical (unpaired) electrons. The van der Waals surface area contributed by atoms with Gasteiger partial charge in [0, 0.05) is 24.7 Å². The minimum absolute atomic E-state index is 0.251. The fourth-order valence-electron chi connectivity index (χ4n) is 7.88. The highest BCUT2D eigenvalue weighted by molar-refractivity contribution is 5.84. The van der Waals surface area contributed by atoms with Crippen molar-refractivity contribution >= 4 is 5.78 Å². The Kier molecular flexibility index (Phi) is 5.95. The molecule has 3 aliphatic rings. The highest BCUT2D eigenvalue weighted by atomic mass is 16.1. The molecule has 0 N–H and O–H groups in total. The summed E-state index contributed by atoms with van der Waals surface area (Å²) in [5.41, 5.74) is 1.38. The first kappa shape index (κ1) is 20.1. The molecule has 3 aliphatic carbocycles. The first-order valence-electron chi connectivity index (χ1n) is 12.0. The fraction of sp³-hybridized carbons (Fsp3) is 0.769. The molecule has 1 heterocycles. The Balaban J connectivity index is 1.51. The molecule has 28 heavy (non-hydrogen) atoms. The van der Waals surface area contributed by atoms with E-state index in [1.165, 1.54) is 51.4 Å². The average Bonchev–Trinajstić information content (AvgIpc) is 3.06. The third kappa shape index (κ3) is 3.46. The van der Waals surface area contributed by atoms with Gasteiger partial charge in [0.05, 0.1) is 0 Å². The normalized spacial score (nSPS) is 40.0. The molecule has 0 amide bonds. The van der Waals surface area contributed by atoms with Crippen LogP contribution in [0, 0.1) is 40.9 Å². The maximum absolute atomic E-state index is 13.3. The topological polar surface area (TPSA) is 30.0 Å². The molecule has 0 aromatic carbocycles. The van der Waals surface area contributed by atoms with Crippen LogP contribution in [0.2, 0.25) is 0 Å². The zero-order valence-electron chi connectivity index (χ0n) is 18.2. The van der Waals surface area contributed by atoms with Gasteiger partial charge in [0.25, 0.3) is 0 Å². The van der Waals surface area contributed by atoms with Gasteiger partial charge in [-0.05, 0) is 91.2 Å². The lowest BCUT2D eigenvalue weighted by atomic mass is 9.50. The van der Waals surface area contributed by atoms with Crippen LogP contribution in [-0.4, -0.2) is 10.8 Å². The van der Waals surface area contributed by atoms with Gasteiger partial charge < -0.3 is 0 Å². The van der Waals surface area contributed by atoms with Crippen LogP contribution >= 0.6 is 0 Å². The Labute approximate surface area is 171 Å². The Morgan fingerprint density at radius 3 is 2.57 bits per heavy atom. The summed E-state index contributed by atoms with van der Waals surface area (Å²) in [6.07, 6.45) is 16.3. The van der Waals surface area contributed by atoms with Crippen molar-refractivity contribution < 1.29 is 4.79 Å². The lowest BCUT2D eigenvalue weighted by Crippen LogP contribution is -2.48. The fourth-order valence-corrected chi connectivity index (χ4v) is 7.88. The van der Waals surface area contributed by atoms with E-state index in [9.17, 15) is 4.79 Å². The minimum atomic E-state index is 0.251. The zero-order chi connectivity index (χ0) is 19.7. The van der Waals surface area contributed by atoms with Crippen LogP contribution in [0.25, 0.3) is 0 Å². The van der Waals surface area contributed by atoms with Crippen molar-refractivity contribution in [1.82, 2.24) is 4.98 Å². The maximum Gasteiger partial charge on any atom is 0.140 e. The van der Waals surface area contributed by atoms with Gasteiger partial charge in [0.15, 0.2) is 0 Å². The predicted molar refractivity (Wildman–Crippen MR) is 115 cm³/mol. The summed E-state index contributed by atoms with van der Waals surface area (Å²) >= 11 is 0. The smallest absolute Gasteiger partial charge is 0.140 e. The summed E-state index contributed by atoms with van der Waals surface area (Å²) in [4.78, 5) is 17.4. The largest absolute Gasteiger partial charge is 0.299 e. The van der Waals surface area contributed by atoms with Gasteiger partial charge in [-0.1, -0.05) is 40.0 Å². The zero-order valence-corrected chi connectivity index (χ0v) is 18.2. The van der Waals surface area contributed by atoms with Gasteiger partial charge in [-0.25, -0.2) is 0 Å². The van der Waals surface area contributed by atoms with Crippen molar-refractivity contribution in [2.45, 2.75) is 85.0 Å². The molecule has 1 aromatic heterocycles. The van der Waals surface area contributed by atoms with E-state index in [1.807, 2.05) is 24.5 Å². The highest BCUT2D eigenvalue weighted by Gasteiger charge is 2.57. The standard InChI is InChI=1S/C26H39NO/c1-4-6-20-19(5-2)7-8-22-21(20)11-14-26(3)23(22)9-10-24(26)25(28)17-18-12-15-27-16-13-18/h12-13,15-16,19-24H,4-11,14,17H2,1-3H3. The van der Waals surface area contributed by atoms with Crippen LogP contribution < -0.4 is 0 Å². The molecular weight excluding hydrogens is 342 g/mol. The molecular formula is C26H39NO. The minimum Gasteiger partial charge on any atom is -0.299 e. The van der Waals surface area contributed by atoms with Crippen LogP contribution in [-0.2, 0) is 11.2 Å². The van der Waals surface area contributed by atoms with Crippen LogP contribution in [0.15, 0.2) is 24.5 Å². The first-order valence-corrected chi connectivity index (χ1v) is 12.0. The maximum atomic E-state index is 13.3. The van der Waals surface area contributed by atoms with Crippen LogP contribution in [0.4, 0.5) is 0 Å². The Morgan fingerprint density at radius 2 is 1.86 bits per heavy atom. The Hall–Kier alpha value is -1.18. The molecule has 1 aromatic rings. The number of nitrogens with zero attached hydrogens (tertiary/aromatic N) is 1. The Bertz CT molecular complexity index is 670. The number of Topliss-reactive ketones (excluding diaryl/α,β-unsaturated/α-hetero) is 1. The molecule has 0 aliphatic heterocycles. The highest BCUT2D eigenvalue weighted by Crippen LogP contribution is 2.63. The van der Waals surface area contributed by atoms with E-state index in [-0.39, 0.29) is 11.3 Å². The monoisotopic (exact) mass is 381 g/mol. The molecule has 3 saturated carbocycles. The molecule has 2 heteroatoms. The number of ketones is 1. The summed E-state index contributed by atoms with van der Waals surface area (Å²) in [7, 11) is 0. The average molecular weight is 382 g/mol. The molecule has 4 rings (SSSR count). The SMILES string of the molecule is CCCC1C(CC)CCC2C1CCC1(C)C(C(=O)Cc3ccncc3)CCC21. The number of aromatic nitrogens is 1. The Morgan fingerprint density at radius 1 is 1.07 bits per heavy atom. The van der Waals surface area contributed by atoms with E-state index in [2.05, 4.69) is 25.8 Å². The van der Waals surface area contributed by atoms with Gasteiger partial charge in [0.2, 0.25) is 0 Å². The number of hydrogen-bond donors (Lipinski definition) is 0. The molecule has 3 fully saturated rings. The van der Waals surface area contributed by atoms with Gasteiger partial charge in [-0.15, -0.1) is 0 Å². The van der Waals surface area contributed by atoms with E-state index < -0.39 is 0 Å². The summed E-state index contributed by atoms with van der Waals surface area (Å²) in [6.45, 7) is 7.26. The number of carbonyl (C=O) groups is 1. The predicted octanol–water partition coefficient (Wildman–Crippen LogP) is 6.49. The van der Waals surface area contributed by atoms with E-state index in [1.54, 1.807) is 0 Å². The molecule has 0 bridgehead atoms. The third-order valence-electron chi connectivity index (χ3n) is 9.18. The van der Waals surface area contributed by atoms with Crippen molar-refractivity contribution in [2.75, 3.05) is 0 Å². The second kappa shape index (κ2) is 8.28. The van der Waals surface area contributed by atoms with E-state index in [4.69, 9.17) is 0 Å². The summed E-state index contributed by atoms with van der Waals surface area (Å²) in [5.74, 6) is 5.28. The third-order valence-corrected chi connectivity index (χ3v) is 9.18. The van der Waals surface area contributed by atoms with Crippen molar-refractivity contribution in [1.29, 1.82) is 0 Å². The molecule has 0 saturated heterocycles. The van der Waals surface area contributed by atoms with Gasteiger partial charge in [-0.2, -0.15) is 0 Å². The summed E-state index contributed by atoms with van der Waals surface area (Å²) in [6, 6.07) is 4.01. The van der Waals surface area contributed by atoms with Crippen molar-refractivity contribution in [3.05, 3.63) is 30.1 Å². The van der Waals surface area contributed by atoms with E-state index in [0.29, 0.717) is 12.2 Å². The molecule has 2 nitrogen and oxygen atoms in total. The van der Waals surface area contributed by atoms with Gasteiger partial charge in [-0.3, -0.25) is 9.78 Å². The molecule has 7 atom stereocenters. The van der Waals surface area contributed by atoms with E-state index in [0.717, 1.165) is 41.6 Å². The molecule has 0 spiro atoms.